The molecule has 4 nitrogen and oxygen atoms in total. The zero-order valence-electron chi connectivity index (χ0n) is 12.1. The maximum atomic E-state index is 12.0. The van der Waals surface area contributed by atoms with Gasteiger partial charge in [-0.25, -0.2) is 0 Å². The van der Waals surface area contributed by atoms with Crippen LogP contribution < -0.4 is 10.6 Å². The first-order valence-electron chi connectivity index (χ1n) is 6.94. The van der Waals surface area contributed by atoms with E-state index in [9.17, 15) is 4.79 Å². The van der Waals surface area contributed by atoms with E-state index in [0.717, 1.165) is 18.1 Å². The Labute approximate surface area is 129 Å². The second-order valence-corrected chi connectivity index (χ2v) is 7.36. The summed E-state index contributed by atoms with van der Waals surface area (Å²) in [5, 5.41) is 8.55. The molecule has 0 radical (unpaired) electrons. The molecule has 2 unspecified atom stereocenters. The van der Waals surface area contributed by atoms with Crippen molar-refractivity contribution >= 4 is 29.0 Å². The van der Waals surface area contributed by atoms with Crippen LogP contribution in [0.5, 0.6) is 0 Å². The number of carbonyl (C=O) groups is 1. The lowest BCUT2D eigenvalue weighted by Gasteiger charge is -2.25. The number of thioether (sulfide) groups is 1. The molecule has 0 bridgehead atoms. The molecule has 6 heteroatoms. The van der Waals surface area contributed by atoms with Crippen molar-refractivity contribution in [2.24, 2.45) is 0 Å². The minimum atomic E-state index is 0.147. The maximum absolute atomic E-state index is 12.0. The lowest BCUT2D eigenvalue weighted by atomic mass is 10.2. The second kappa shape index (κ2) is 8.02. The first kappa shape index (κ1) is 15.8. The van der Waals surface area contributed by atoms with Crippen LogP contribution in [0.25, 0.3) is 0 Å². The molecule has 1 aromatic rings. The SMILES string of the molecule is CN(C)C(CNC(=O)CC1CSCCN1)c1cccs1. The van der Waals surface area contributed by atoms with Gasteiger partial charge in [-0.3, -0.25) is 4.79 Å². The highest BCUT2D eigenvalue weighted by Crippen LogP contribution is 2.22. The first-order chi connectivity index (χ1) is 9.66. The Morgan fingerprint density at radius 3 is 3.05 bits per heavy atom. The first-order valence-corrected chi connectivity index (χ1v) is 8.98. The summed E-state index contributed by atoms with van der Waals surface area (Å²) in [5.41, 5.74) is 0. The van der Waals surface area contributed by atoms with Crippen molar-refractivity contribution in [1.82, 2.24) is 15.5 Å². The average Bonchev–Trinajstić information content (AvgIpc) is 2.93. The van der Waals surface area contributed by atoms with Crippen molar-refractivity contribution in [2.75, 3.05) is 38.7 Å². The van der Waals surface area contributed by atoms with E-state index in [1.165, 1.54) is 4.88 Å². The third-order valence-corrected chi connectivity index (χ3v) is 5.52. The van der Waals surface area contributed by atoms with E-state index in [4.69, 9.17) is 0 Å². The predicted octanol–water partition coefficient (Wildman–Crippen LogP) is 1.56. The van der Waals surface area contributed by atoms with Gasteiger partial charge < -0.3 is 15.5 Å². The highest BCUT2D eigenvalue weighted by atomic mass is 32.2. The van der Waals surface area contributed by atoms with Gasteiger partial charge in [0.1, 0.15) is 0 Å². The van der Waals surface area contributed by atoms with Gasteiger partial charge in [0, 0.05) is 41.9 Å². The fourth-order valence-corrected chi connectivity index (χ4v) is 4.15. The van der Waals surface area contributed by atoms with Gasteiger partial charge in [0.25, 0.3) is 0 Å². The molecule has 1 aliphatic heterocycles. The van der Waals surface area contributed by atoms with E-state index >= 15 is 0 Å². The maximum Gasteiger partial charge on any atom is 0.221 e. The minimum absolute atomic E-state index is 0.147. The topological polar surface area (TPSA) is 44.4 Å². The molecule has 112 valence electrons. The Morgan fingerprint density at radius 2 is 2.45 bits per heavy atom. The van der Waals surface area contributed by atoms with Crippen LogP contribution in [0.1, 0.15) is 17.3 Å². The summed E-state index contributed by atoms with van der Waals surface area (Å²) >= 11 is 3.66. The molecule has 20 heavy (non-hydrogen) atoms. The number of nitrogens with one attached hydrogen (secondary N) is 2. The van der Waals surface area contributed by atoms with E-state index in [-0.39, 0.29) is 11.9 Å². The number of hydrogen-bond acceptors (Lipinski definition) is 5. The summed E-state index contributed by atoms with van der Waals surface area (Å²) in [6.45, 7) is 1.68. The summed E-state index contributed by atoms with van der Waals surface area (Å²) in [7, 11) is 4.10. The Morgan fingerprint density at radius 1 is 1.60 bits per heavy atom. The average molecular weight is 313 g/mol. The molecule has 0 aliphatic carbocycles. The van der Waals surface area contributed by atoms with Gasteiger partial charge in [-0.15, -0.1) is 11.3 Å². The summed E-state index contributed by atoms with van der Waals surface area (Å²) in [5.74, 6) is 2.34. The van der Waals surface area contributed by atoms with Gasteiger partial charge in [-0.1, -0.05) is 6.07 Å². The third kappa shape index (κ3) is 4.77. The smallest absolute Gasteiger partial charge is 0.221 e. The van der Waals surface area contributed by atoms with Gasteiger partial charge >= 0.3 is 0 Å². The van der Waals surface area contributed by atoms with Crippen LogP contribution in [0.4, 0.5) is 0 Å². The van der Waals surface area contributed by atoms with Crippen LogP contribution in [-0.2, 0) is 4.79 Å². The number of rotatable bonds is 6. The Balaban J connectivity index is 1.78. The van der Waals surface area contributed by atoms with Gasteiger partial charge in [0.15, 0.2) is 0 Å². The van der Waals surface area contributed by atoms with Crippen LogP contribution in [0.3, 0.4) is 0 Å². The molecular weight excluding hydrogens is 290 g/mol. The molecule has 2 atom stereocenters. The molecule has 2 N–H and O–H groups in total. The Hall–Kier alpha value is -0.560. The number of hydrogen-bond donors (Lipinski definition) is 2. The lowest BCUT2D eigenvalue weighted by Crippen LogP contribution is -2.42. The Kier molecular flexibility index (Phi) is 6.35. The molecule has 1 aliphatic rings. The van der Waals surface area contributed by atoms with Crippen LogP contribution in [0, 0.1) is 0 Å². The van der Waals surface area contributed by atoms with Crippen molar-refractivity contribution in [3.05, 3.63) is 22.4 Å². The number of amides is 1. The molecule has 1 aromatic heterocycles. The Bertz CT molecular complexity index is 403. The third-order valence-electron chi connectivity index (χ3n) is 3.42. The molecule has 2 rings (SSSR count). The number of likely N-dealkylation sites (N-methyl/N-ethyl adjacent to an activating group) is 1. The normalized spacial score (nSPS) is 20.9. The van der Waals surface area contributed by atoms with Crippen molar-refractivity contribution in [3.8, 4) is 0 Å². The largest absolute Gasteiger partial charge is 0.354 e. The van der Waals surface area contributed by atoms with Crippen LogP contribution in [-0.4, -0.2) is 55.5 Å². The van der Waals surface area contributed by atoms with E-state index in [0.29, 0.717) is 19.0 Å². The van der Waals surface area contributed by atoms with E-state index in [1.807, 2.05) is 11.8 Å². The summed E-state index contributed by atoms with van der Waals surface area (Å²) in [6, 6.07) is 4.77. The molecule has 1 amide bonds. The molecule has 0 spiro atoms. The second-order valence-electron chi connectivity index (χ2n) is 5.23. The van der Waals surface area contributed by atoms with Gasteiger partial charge in [0.05, 0.1) is 6.04 Å². The van der Waals surface area contributed by atoms with E-state index < -0.39 is 0 Å². The summed E-state index contributed by atoms with van der Waals surface area (Å²) < 4.78 is 0. The fraction of sp³-hybridized carbons (Fsp3) is 0.643. The summed E-state index contributed by atoms with van der Waals surface area (Å²) in [4.78, 5) is 15.5. The molecule has 0 saturated carbocycles. The van der Waals surface area contributed by atoms with Crippen molar-refractivity contribution < 1.29 is 4.79 Å². The fourth-order valence-electron chi connectivity index (χ4n) is 2.28. The summed E-state index contributed by atoms with van der Waals surface area (Å²) in [6.07, 6.45) is 0.581. The minimum Gasteiger partial charge on any atom is -0.354 e. The highest BCUT2D eigenvalue weighted by molar-refractivity contribution is 7.99. The van der Waals surface area contributed by atoms with Crippen LogP contribution >= 0.6 is 23.1 Å². The molecule has 0 aromatic carbocycles. The zero-order chi connectivity index (χ0) is 14.4. The molecule has 2 heterocycles. The van der Waals surface area contributed by atoms with Crippen molar-refractivity contribution in [3.63, 3.8) is 0 Å². The molecular formula is C14H23N3OS2. The quantitative estimate of drug-likeness (QED) is 0.837. The van der Waals surface area contributed by atoms with Crippen molar-refractivity contribution in [2.45, 2.75) is 18.5 Å². The van der Waals surface area contributed by atoms with Crippen molar-refractivity contribution in [1.29, 1.82) is 0 Å². The highest BCUT2D eigenvalue weighted by Gasteiger charge is 2.19. The standard InChI is InChI=1S/C14H23N3OS2/c1-17(2)12(13-4-3-6-20-13)9-16-14(18)8-11-10-19-7-5-15-11/h3-4,6,11-12,15H,5,7-10H2,1-2H3,(H,16,18). The van der Waals surface area contributed by atoms with Gasteiger partial charge in [-0.05, 0) is 25.5 Å². The van der Waals surface area contributed by atoms with E-state index in [1.54, 1.807) is 11.3 Å². The predicted molar refractivity (Wildman–Crippen MR) is 87.5 cm³/mol. The number of carbonyl (C=O) groups excluding carboxylic acids is 1. The number of thiophene rings is 1. The molecule has 1 saturated heterocycles. The number of nitrogens with zero attached hydrogens (tertiary/aromatic N) is 1. The van der Waals surface area contributed by atoms with Crippen LogP contribution in [0.15, 0.2) is 17.5 Å². The zero-order valence-corrected chi connectivity index (χ0v) is 13.7. The van der Waals surface area contributed by atoms with Crippen LogP contribution in [0.2, 0.25) is 0 Å². The van der Waals surface area contributed by atoms with E-state index in [2.05, 4.69) is 47.1 Å². The lowest BCUT2D eigenvalue weighted by molar-refractivity contribution is -0.121. The van der Waals surface area contributed by atoms with Gasteiger partial charge in [-0.2, -0.15) is 11.8 Å². The molecule has 1 fully saturated rings. The van der Waals surface area contributed by atoms with Gasteiger partial charge in [0.2, 0.25) is 5.91 Å². The monoisotopic (exact) mass is 313 g/mol.